The van der Waals surface area contributed by atoms with E-state index in [-0.39, 0.29) is 11.8 Å². The van der Waals surface area contributed by atoms with Crippen molar-refractivity contribution in [2.24, 2.45) is 11.7 Å². The number of rotatable bonds is 10. The Morgan fingerprint density at radius 1 is 1.12 bits per heavy atom. The van der Waals surface area contributed by atoms with Gasteiger partial charge in [-0.15, -0.1) is 0 Å². The molecule has 1 aromatic rings. The smallest absolute Gasteiger partial charge is 0.320 e. The van der Waals surface area contributed by atoms with Crippen LogP contribution in [0.3, 0.4) is 0 Å². The van der Waals surface area contributed by atoms with Crippen molar-refractivity contribution in [1.82, 2.24) is 5.32 Å². The topological polar surface area (TPSA) is 92.4 Å². The lowest BCUT2D eigenvalue weighted by atomic mass is 9.96. The van der Waals surface area contributed by atoms with Crippen LogP contribution in [0.5, 0.6) is 0 Å². The molecule has 0 spiro atoms. The molecule has 0 radical (unpaired) electrons. The van der Waals surface area contributed by atoms with Crippen LogP contribution in [0.15, 0.2) is 24.3 Å². The second-order valence-corrected chi connectivity index (χ2v) is 6.79. The van der Waals surface area contributed by atoms with Crippen molar-refractivity contribution in [3.63, 3.8) is 0 Å². The summed E-state index contributed by atoms with van der Waals surface area (Å²) in [4.78, 5) is 22.8. The number of hydrogen-bond acceptors (Lipinski definition) is 3. The zero-order chi connectivity index (χ0) is 18.1. The van der Waals surface area contributed by atoms with Crippen molar-refractivity contribution in [1.29, 1.82) is 0 Å². The Hall–Kier alpha value is -1.88. The molecule has 0 aromatic heterocycles. The van der Waals surface area contributed by atoms with Gasteiger partial charge in [0.2, 0.25) is 5.91 Å². The molecule has 24 heavy (non-hydrogen) atoms. The standard InChI is InChI=1S/C19H30N2O3/c1-13(2)12-15-7-9-16(10-8-15)14(3)18(22)21-11-5-4-6-17(20)19(23)24/h7-10,13-14,17H,4-6,11-12,20H2,1-3H3,(H,21,22)(H,23,24). The molecular weight excluding hydrogens is 304 g/mol. The van der Waals surface area contributed by atoms with E-state index < -0.39 is 12.0 Å². The third-order valence-electron chi connectivity index (χ3n) is 4.08. The average molecular weight is 334 g/mol. The van der Waals surface area contributed by atoms with Gasteiger partial charge < -0.3 is 16.2 Å². The van der Waals surface area contributed by atoms with Crippen LogP contribution in [0.25, 0.3) is 0 Å². The van der Waals surface area contributed by atoms with Gasteiger partial charge in [0, 0.05) is 6.54 Å². The van der Waals surface area contributed by atoms with Crippen LogP contribution in [0, 0.1) is 5.92 Å². The molecular formula is C19H30N2O3. The number of amides is 1. The highest BCUT2D eigenvalue weighted by Crippen LogP contribution is 2.17. The maximum atomic E-state index is 12.2. The Bertz CT molecular complexity index is 526. The summed E-state index contributed by atoms with van der Waals surface area (Å²) in [5.41, 5.74) is 7.73. The quantitative estimate of drug-likeness (QED) is 0.574. The van der Waals surface area contributed by atoms with Crippen LogP contribution < -0.4 is 11.1 Å². The third-order valence-corrected chi connectivity index (χ3v) is 4.08. The molecule has 0 heterocycles. The molecule has 5 heteroatoms. The van der Waals surface area contributed by atoms with Crippen LogP contribution >= 0.6 is 0 Å². The first-order valence-corrected chi connectivity index (χ1v) is 8.66. The van der Waals surface area contributed by atoms with Gasteiger partial charge in [0.05, 0.1) is 5.92 Å². The van der Waals surface area contributed by atoms with Gasteiger partial charge in [-0.3, -0.25) is 9.59 Å². The van der Waals surface area contributed by atoms with Crippen LogP contribution in [-0.2, 0) is 16.0 Å². The molecule has 0 fully saturated rings. The average Bonchev–Trinajstić information content (AvgIpc) is 2.53. The largest absolute Gasteiger partial charge is 0.480 e. The molecule has 2 unspecified atom stereocenters. The molecule has 1 rings (SSSR count). The number of carboxylic acids is 1. The van der Waals surface area contributed by atoms with E-state index in [0.717, 1.165) is 18.4 Å². The second kappa shape index (κ2) is 10.1. The number of hydrogen-bond donors (Lipinski definition) is 3. The minimum atomic E-state index is -0.978. The Kier molecular flexibility index (Phi) is 8.47. The normalized spacial score (nSPS) is 13.5. The van der Waals surface area contributed by atoms with E-state index in [1.54, 1.807) is 0 Å². The van der Waals surface area contributed by atoms with Gasteiger partial charge in [-0.1, -0.05) is 38.1 Å². The molecule has 0 saturated carbocycles. The molecule has 5 nitrogen and oxygen atoms in total. The Balaban J connectivity index is 2.35. The van der Waals surface area contributed by atoms with Gasteiger partial charge in [0.1, 0.15) is 6.04 Å². The van der Waals surface area contributed by atoms with Gasteiger partial charge in [-0.25, -0.2) is 0 Å². The van der Waals surface area contributed by atoms with Crippen molar-refractivity contribution >= 4 is 11.9 Å². The molecule has 1 aromatic carbocycles. The first-order valence-electron chi connectivity index (χ1n) is 8.66. The minimum Gasteiger partial charge on any atom is -0.480 e. The summed E-state index contributed by atoms with van der Waals surface area (Å²) >= 11 is 0. The number of nitrogens with two attached hydrogens (primary N) is 1. The fraction of sp³-hybridized carbons (Fsp3) is 0.579. The fourth-order valence-corrected chi connectivity index (χ4v) is 2.54. The SMILES string of the molecule is CC(C)Cc1ccc(C(C)C(=O)NCCCCC(N)C(=O)O)cc1. The van der Waals surface area contributed by atoms with E-state index in [9.17, 15) is 9.59 Å². The van der Waals surface area contributed by atoms with E-state index in [1.165, 1.54) is 5.56 Å². The fourth-order valence-electron chi connectivity index (χ4n) is 2.54. The molecule has 0 aliphatic rings. The lowest BCUT2D eigenvalue weighted by Gasteiger charge is -2.14. The zero-order valence-corrected chi connectivity index (χ0v) is 14.9. The number of benzene rings is 1. The Morgan fingerprint density at radius 2 is 1.75 bits per heavy atom. The highest BCUT2D eigenvalue weighted by atomic mass is 16.4. The zero-order valence-electron chi connectivity index (χ0n) is 14.9. The number of unbranched alkanes of at least 4 members (excludes halogenated alkanes) is 1. The molecule has 1 amide bonds. The summed E-state index contributed by atoms with van der Waals surface area (Å²) in [5, 5.41) is 11.6. The summed E-state index contributed by atoms with van der Waals surface area (Å²) in [6.45, 7) is 6.81. The van der Waals surface area contributed by atoms with Gasteiger partial charge in [-0.2, -0.15) is 0 Å². The summed E-state index contributed by atoms with van der Waals surface area (Å²) in [5.74, 6) is -0.562. The molecule has 2 atom stereocenters. The highest BCUT2D eigenvalue weighted by molar-refractivity contribution is 5.83. The van der Waals surface area contributed by atoms with Crippen LogP contribution in [0.2, 0.25) is 0 Å². The van der Waals surface area contributed by atoms with Crippen LogP contribution in [0.4, 0.5) is 0 Å². The van der Waals surface area contributed by atoms with Crippen LogP contribution in [-0.4, -0.2) is 29.6 Å². The summed E-state index contributed by atoms with van der Waals surface area (Å²) in [6, 6.07) is 7.41. The lowest BCUT2D eigenvalue weighted by molar-refractivity contribution is -0.138. The predicted octanol–water partition coefficient (Wildman–Crippen LogP) is 2.69. The molecule has 0 saturated heterocycles. The van der Waals surface area contributed by atoms with Crippen molar-refractivity contribution < 1.29 is 14.7 Å². The number of carboxylic acid groups (broad SMARTS) is 1. The van der Waals surface area contributed by atoms with Gasteiger partial charge >= 0.3 is 5.97 Å². The van der Waals surface area contributed by atoms with E-state index in [0.29, 0.717) is 25.3 Å². The third kappa shape index (κ3) is 7.13. The maximum Gasteiger partial charge on any atom is 0.320 e. The van der Waals surface area contributed by atoms with E-state index in [4.69, 9.17) is 10.8 Å². The second-order valence-electron chi connectivity index (χ2n) is 6.79. The monoisotopic (exact) mass is 334 g/mol. The Morgan fingerprint density at radius 3 is 2.29 bits per heavy atom. The minimum absolute atomic E-state index is 0.00542. The first kappa shape index (κ1) is 20.2. The van der Waals surface area contributed by atoms with E-state index in [1.807, 2.05) is 19.1 Å². The predicted molar refractivity (Wildman–Crippen MR) is 95.9 cm³/mol. The Labute approximate surface area is 144 Å². The summed E-state index contributed by atoms with van der Waals surface area (Å²) < 4.78 is 0. The van der Waals surface area contributed by atoms with Gasteiger partial charge in [0.25, 0.3) is 0 Å². The molecule has 134 valence electrons. The molecule has 0 bridgehead atoms. The van der Waals surface area contributed by atoms with Crippen molar-refractivity contribution in [2.45, 2.75) is 58.4 Å². The van der Waals surface area contributed by atoms with E-state index in [2.05, 4.69) is 31.3 Å². The number of nitrogens with one attached hydrogen (secondary N) is 1. The van der Waals surface area contributed by atoms with Crippen molar-refractivity contribution in [3.8, 4) is 0 Å². The molecule has 0 aliphatic heterocycles. The van der Waals surface area contributed by atoms with Crippen LogP contribution in [0.1, 0.15) is 57.1 Å². The number of aliphatic carboxylic acids is 1. The highest BCUT2D eigenvalue weighted by Gasteiger charge is 2.15. The number of carbonyl (C=O) groups is 2. The van der Waals surface area contributed by atoms with E-state index >= 15 is 0 Å². The lowest BCUT2D eigenvalue weighted by Crippen LogP contribution is -2.31. The first-order chi connectivity index (χ1) is 11.3. The summed E-state index contributed by atoms with van der Waals surface area (Å²) in [6.07, 6.45) is 2.89. The van der Waals surface area contributed by atoms with Gasteiger partial charge in [0.15, 0.2) is 0 Å². The molecule has 4 N–H and O–H groups in total. The van der Waals surface area contributed by atoms with Crippen molar-refractivity contribution in [2.75, 3.05) is 6.54 Å². The molecule has 0 aliphatic carbocycles. The van der Waals surface area contributed by atoms with Crippen molar-refractivity contribution in [3.05, 3.63) is 35.4 Å². The number of carbonyl (C=O) groups excluding carboxylic acids is 1. The summed E-state index contributed by atoms with van der Waals surface area (Å²) in [7, 11) is 0. The maximum absolute atomic E-state index is 12.2. The van der Waals surface area contributed by atoms with Gasteiger partial charge in [-0.05, 0) is 49.7 Å².